The Bertz CT molecular complexity index is 453. The first-order valence-corrected chi connectivity index (χ1v) is 5.37. The van der Waals surface area contributed by atoms with Crippen LogP contribution in [0.25, 0.3) is 6.08 Å². The van der Waals surface area contributed by atoms with Gasteiger partial charge in [0.2, 0.25) is 0 Å². The van der Waals surface area contributed by atoms with Crippen LogP contribution in [0.2, 0.25) is 0 Å². The van der Waals surface area contributed by atoms with E-state index in [1.807, 2.05) is 24.3 Å². The van der Waals surface area contributed by atoms with Gasteiger partial charge in [0.15, 0.2) is 0 Å². The van der Waals surface area contributed by atoms with Crippen LogP contribution in [0.15, 0.2) is 54.4 Å². The monoisotopic (exact) mass is 210 g/mol. The summed E-state index contributed by atoms with van der Waals surface area (Å²) in [5, 5.41) is 7.56. The lowest BCUT2D eigenvalue weighted by molar-refractivity contribution is 1.05. The fourth-order valence-electron chi connectivity index (χ4n) is 1.55. The summed E-state index contributed by atoms with van der Waals surface area (Å²) in [6.07, 6.45) is 15.4. The number of allylic oxidation sites excluding steroid dienone is 5. The van der Waals surface area contributed by atoms with Crippen LogP contribution in [-0.2, 0) is 0 Å². The number of nitrogens with zero attached hydrogens (tertiary/aromatic N) is 1. The minimum absolute atomic E-state index is 0.698. The Hall–Kier alpha value is -1.96. The average Bonchev–Trinajstić information content (AvgIpc) is 2.53. The first-order chi connectivity index (χ1) is 7.84. The number of hydrogen-bond donors (Lipinski definition) is 1. The highest BCUT2D eigenvalue weighted by molar-refractivity contribution is 5.93. The minimum atomic E-state index is 0.698. The summed E-state index contributed by atoms with van der Waals surface area (Å²) < 4.78 is 0. The molecule has 0 amide bonds. The van der Waals surface area contributed by atoms with Gasteiger partial charge in [0, 0.05) is 18.1 Å². The van der Waals surface area contributed by atoms with Crippen molar-refractivity contribution in [2.45, 2.75) is 12.8 Å². The molecule has 0 radical (unpaired) electrons. The third kappa shape index (κ3) is 3.02. The van der Waals surface area contributed by atoms with E-state index in [1.165, 1.54) is 5.57 Å². The van der Waals surface area contributed by atoms with Crippen LogP contribution in [0, 0.1) is 5.41 Å². The fourth-order valence-corrected chi connectivity index (χ4v) is 1.55. The predicted molar refractivity (Wildman–Crippen MR) is 67.5 cm³/mol. The molecule has 80 valence electrons. The minimum Gasteiger partial charge on any atom is -0.305 e. The topological polar surface area (TPSA) is 36.7 Å². The molecule has 1 N–H and O–H groups in total. The van der Waals surface area contributed by atoms with Crippen LogP contribution in [0.3, 0.4) is 0 Å². The highest BCUT2D eigenvalue weighted by Gasteiger charge is 1.99. The lowest BCUT2D eigenvalue weighted by Crippen LogP contribution is -1.88. The van der Waals surface area contributed by atoms with E-state index in [0.29, 0.717) is 5.71 Å². The zero-order valence-corrected chi connectivity index (χ0v) is 9.06. The van der Waals surface area contributed by atoms with Gasteiger partial charge in [0.25, 0.3) is 0 Å². The average molecular weight is 210 g/mol. The van der Waals surface area contributed by atoms with Crippen molar-refractivity contribution in [2.24, 2.45) is 0 Å². The van der Waals surface area contributed by atoms with E-state index in [0.717, 1.165) is 18.4 Å². The Kier molecular flexibility index (Phi) is 3.44. The highest BCUT2D eigenvalue weighted by atomic mass is 14.6. The van der Waals surface area contributed by atoms with Gasteiger partial charge in [-0.2, -0.15) is 0 Å². The van der Waals surface area contributed by atoms with E-state index in [1.54, 1.807) is 12.4 Å². The molecule has 0 bridgehead atoms. The van der Waals surface area contributed by atoms with E-state index in [9.17, 15) is 0 Å². The Balaban J connectivity index is 2.05. The lowest BCUT2D eigenvalue weighted by atomic mass is 10.1. The zero-order valence-electron chi connectivity index (χ0n) is 9.06. The second kappa shape index (κ2) is 5.21. The van der Waals surface area contributed by atoms with E-state index in [-0.39, 0.29) is 0 Å². The second-order valence-electron chi connectivity index (χ2n) is 3.74. The summed E-state index contributed by atoms with van der Waals surface area (Å²) in [7, 11) is 0. The van der Waals surface area contributed by atoms with Crippen molar-refractivity contribution in [3.8, 4) is 0 Å². The molecule has 1 aliphatic rings. The Morgan fingerprint density at radius 3 is 2.75 bits per heavy atom. The van der Waals surface area contributed by atoms with E-state index >= 15 is 0 Å². The molecule has 1 heterocycles. The molecule has 0 spiro atoms. The number of nitrogens with one attached hydrogen (secondary N) is 1. The summed E-state index contributed by atoms with van der Waals surface area (Å²) in [4.78, 5) is 3.98. The molecule has 1 aliphatic carbocycles. The van der Waals surface area contributed by atoms with Crippen LogP contribution >= 0.6 is 0 Å². The summed E-state index contributed by atoms with van der Waals surface area (Å²) in [5.41, 5.74) is 3.11. The van der Waals surface area contributed by atoms with Gasteiger partial charge in [-0.3, -0.25) is 4.98 Å². The molecular formula is C14H14N2. The summed E-state index contributed by atoms with van der Waals surface area (Å²) in [6.45, 7) is 0. The normalized spacial score (nSPS) is 16.2. The van der Waals surface area contributed by atoms with Crippen LogP contribution in [0.1, 0.15) is 18.4 Å². The van der Waals surface area contributed by atoms with Gasteiger partial charge < -0.3 is 5.41 Å². The van der Waals surface area contributed by atoms with Crippen molar-refractivity contribution in [1.82, 2.24) is 4.98 Å². The largest absolute Gasteiger partial charge is 0.305 e. The van der Waals surface area contributed by atoms with Crippen LogP contribution in [0.5, 0.6) is 0 Å². The van der Waals surface area contributed by atoms with Crippen molar-refractivity contribution in [2.75, 3.05) is 0 Å². The number of hydrogen-bond acceptors (Lipinski definition) is 2. The molecule has 2 heteroatoms. The smallest absolute Gasteiger partial charge is 0.0317 e. The van der Waals surface area contributed by atoms with E-state index < -0.39 is 0 Å². The first-order valence-electron chi connectivity index (χ1n) is 5.37. The van der Waals surface area contributed by atoms with Gasteiger partial charge in [0.1, 0.15) is 0 Å². The molecule has 0 aliphatic heterocycles. The molecule has 16 heavy (non-hydrogen) atoms. The third-order valence-corrected chi connectivity index (χ3v) is 2.49. The highest BCUT2D eigenvalue weighted by Crippen LogP contribution is 2.13. The maximum absolute atomic E-state index is 7.56. The van der Waals surface area contributed by atoms with Gasteiger partial charge in [0.05, 0.1) is 0 Å². The number of aromatic nitrogens is 1. The molecular weight excluding hydrogens is 196 g/mol. The Morgan fingerprint density at radius 1 is 1.12 bits per heavy atom. The summed E-state index contributed by atoms with van der Waals surface area (Å²) in [5.74, 6) is 0. The SMILES string of the molecule is N=C1C=CC=C(/C=C/c2ccncc2)CC1. The molecule has 0 saturated carbocycles. The first kappa shape index (κ1) is 10.6. The quantitative estimate of drug-likeness (QED) is 0.798. The van der Waals surface area contributed by atoms with Crippen molar-refractivity contribution in [1.29, 1.82) is 5.41 Å². The summed E-state index contributed by atoms with van der Waals surface area (Å²) in [6, 6.07) is 3.96. The summed E-state index contributed by atoms with van der Waals surface area (Å²) >= 11 is 0. The van der Waals surface area contributed by atoms with Crippen molar-refractivity contribution >= 4 is 11.8 Å². The molecule has 0 aromatic carbocycles. The second-order valence-corrected chi connectivity index (χ2v) is 3.74. The van der Waals surface area contributed by atoms with Crippen molar-refractivity contribution in [3.05, 3.63) is 60.0 Å². The fraction of sp³-hybridized carbons (Fsp3) is 0.143. The standard InChI is InChI=1S/C14H14N2/c15-14-3-1-2-12(6-7-14)4-5-13-8-10-16-11-9-13/h1-5,8-11,15H,6-7H2/b5-4+,15-14?. The van der Waals surface area contributed by atoms with E-state index in [4.69, 9.17) is 5.41 Å². The van der Waals surface area contributed by atoms with Crippen molar-refractivity contribution in [3.63, 3.8) is 0 Å². The number of rotatable bonds is 2. The van der Waals surface area contributed by atoms with Crippen LogP contribution in [0.4, 0.5) is 0 Å². The molecule has 0 unspecified atom stereocenters. The predicted octanol–water partition coefficient (Wildman–Crippen LogP) is 3.39. The zero-order chi connectivity index (χ0) is 11.2. The molecule has 2 nitrogen and oxygen atoms in total. The van der Waals surface area contributed by atoms with E-state index in [2.05, 4.69) is 23.2 Å². The molecule has 0 saturated heterocycles. The lowest BCUT2D eigenvalue weighted by Gasteiger charge is -1.98. The maximum atomic E-state index is 7.56. The number of pyridine rings is 1. The molecule has 0 fully saturated rings. The van der Waals surface area contributed by atoms with Gasteiger partial charge in [-0.25, -0.2) is 0 Å². The Morgan fingerprint density at radius 2 is 1.94 bits per heavy atom. The molecule has 1 aromatic rings. The molecule has 2 rings (SSSR count). The van der Waals surface area contributed by atoms with Gasteiger partial charge in [-0.1, -0.05) is 24.3 Å². The van der Waals surface area contributed by atoms with Gasteiger partial charge in [-0.15, -0.1) is 0 Å². The van der Waals surface area contributed by atoms with Crippen LogP contribution in [-0.4, -0.2) is 10.7 Å². The molecule has 0 atom stereocenters. The Labute approximate surface area is 95.5 Å². The van der Waals surface area contributed by atoms with Gasteiger partial charge in [-0.05, 0) is 42.2 Å². The van der Waals surface area contributed by atoms with Crippen molar-refractivity contribution < 1.29 is 0 Å². The maximum Gasteiger partial charge on any atom is 0.0317 e. The molecule has 1 aromatic heterocycles. The van der Waals surface area contributed by atoms with Crippen LogP contribution < -0.4 is 0 Å². The third-order valence-electron chi connectivity index (χ3n) is 2.49. The van der Waals surface area contributed by atoms with Gasteiger partial charge >= 0.3 is 0 Å².